The highest BCUT2D eigenvalue weighted by Crippen LogP contribution is 2.41. The van der Waals surface area contributed by atoms with Crippen LogP contribution in [0.4, 0.5) is 16.2 Å². The SMILES string of the molecule is O=C(Nc1c2c(cc3c1CCC3)CCC2)NS(=O)(=O)c1ccc(OCCOCCOCCN2C(=O)/C(=C/c3cc(Br)c(O)c(Br)c3)c3cc(I)ccc32)cc1. The fraction of sp³-hybridized carbons (Fsp3) is 0.300. The lowest BCUT2D eigenvalue weighted by Crippen LogP contribution is -2.35. The number of anilines is 2. The van der Waals surface area contributed by atoms with Gasteiger partial charge in [0.05, 0.1) is 46.0 Å². The molecule has 288 valence electrons. The second-order valence-electron chi connectivity index (χ2n) is 13.3. The second kappa shape index (κ2) is 17.3. The number of phenolic OH excluding ortho intramolecular Hbond substituents is 1. The molecule has 3 amide bonds. The van der Waals surface area contributed by atoms with Crippen molar-refractivity contribution in [2.45, 2.75) is 43.4 Å². The molecule has 1 aliphatic heterocycles. The molecule has 0 fully saturated rings. The lowest BCUT2D eigenvalue weighted by Gasteiger charge is -2.17. The van der Waals surface area contributed by atoms with Gasteiger partial charge in [-0.05, 0) is 181 Å². The van der Waals surface area contributed by atoms with E-state index in [1.807, 2.05) is 24.3 Å². The first-order valence-electron chi connectivity index (χ1n) is 17.9. The third-order valence-electron chi connectivity index (χ3n) is 9.77. The van der Waals surface area contributed by atoms with Crippen LogP contribution in [-0.4, -0.2) is 65.0 Å². The minimum absolute atomic E-state index is 0.0492. The molecule has 7 rings (SSSR count). The van der Waals surface area contributed by atoms with Crippen LogP contribution >= 0.6 is 54.5 Å². The second-order valence-corrected chi connectivity index (χ2v) is 18.0. The largest absolute Gasteiger partial charge is 0.506 e. The van der Waals surface area contributed by atoms with Crippen molar-refractivity contribution in [1.29, 1.82) is 0 Å². The number of halogens is 3. The lowest BCUT2D eigenvalue weighted by molar-refractivity contribution is -0.113. The van der Waals surface area contributed by atoms with Crippen LogP contribution in [0.5, 0.6) is 11.5 Å². The van der Waals surface area contributed by atoms with Gasteiger partial charge in [0.1, 0.15) is 18.1 Å². The standard InChI is InChI=1S/C40H38Br2IN3O8S/c41-34-20-24(21-35(42)38(34)47)19-33-32-23-27(43)7-12-36(32)46(39(33)48)13-14-52-15-16-53-17-18-54-28-8-10-29(11-9-28)55(50,51)45-40(49)44-37-30-5-1-3-25(30)22-26-4-2-6-31(26)37/h7-12,19-23,47H,1-6,13-18H2,(H2,44,45,49)/b33-19+. The highest BCUT2D eigenvalue weighted by Gasteiger charge is 2.32. The number of carbonyl (C=O) groups excluding carboxylic acids is 2. The van der Waals surface area contributed by atoms with Gasteiger partial charge in [0.25, 0.3) is 15.9 Å². The van der Waals surface area contributed by atoms with Gasteiger partial charge in [-0.3, -0.25) is 4.79 Å². The van der Waals surface area contributed by atoms with Gasteiger partial charge in [0.15, 0.2) is 0 Å². The van der Waals surface area contributed by atoms with Crippen molar-refractivity contribution >= 4 is 99.4 Å². The molecular weight excluding hydrogens is 969 g/mol. The van der Waals surface area contributed by atoms with Crippen LogP contribution in [0.25, 0.3) is 11.6 Å². The normalized spacial score (nSPS) is 15.3. The summed E-state index contributed by atoms with van der Waals surface area (Å²) in [7, 11) is -4.10. The van der Waals surface area contributed by atoms with E-state index in [1.165, 1.54) is 35.4 Å². The van der Waals surface area contributed by atoms with Gasteiger partial charge < -0.3 is 29.5 Å². The Morgan fingerprint density at radius 1 is 0.855 bits per heavy atom. The summed E-state index contributed by atoms with van der Waals surface area (Å²) < 4.78 is 47.4. The number of hydrogen-bond donors (Lipinski definition) is 3. The number of urea groups is 1. The van der Waals surface area contributed by atoms with Gasteiger partial charge >= 0.3 is 6.03 Å². The molecule has 4 aromatic carbocycles. The maximum atomic E-state index is 13.5. The Morgan fingerprint density at radius 3 is 2.16 bits per heavy atom. The number of fused-ring (bicyclic) bond motifs is 3. The summed E-state index contributed by atoms with van der Waals surface area (Å²) in [4.78, 5) is 28.1. The Hall–Kier alpha value is -3.48. The monoisotopic (exact) mass is 1000 g/mol. The van der Waals surface area contributed by atoms with E-state index < -0.39 is 16.1 Å². The molecule has 11 nitrogen and oxygen atoms in total. The van der Waals surface area contributed by atoms with Crippen molar-refractivity contribution in [2.75, 3.05) is 49.8 Å². The van der Waals surface area contributed by atoms with Gasteiger partial charge in [-0.25, -0.2) is 17.9 Å². The molecule has 15 heteroatoms. The Kier molecular flexibility index (Phi) is 12.5. The van der Waals surface area contributed by atoms with Crippen LogP contribution in [0.1, 0.15) is 46.2 Å². The summed E-state index contributed by atoms with van der Waals surface area (Å²) in [6.07, 6.45) is 7.60. The van der Waals surface area contributed by atoms with E-state index >= 15 is 0 Å². The zero-order valence-corrected chi connectivity index (χ0v) is 35.8. The van der Waals surface area contributed by atoms with Crippen molar-refractivity contribution in [3.8, 4) is 11.5 Å². The zero-order chi connectivity index (χ0) is 38.7. The number of ether oxygens (including phenoxy) is 3. The van der Waals surface area contributed by atoms with Crippen molar-refractivity contribution in [2.24, 2.45) is 0 Å². The van der Waals surface area contributed by atoms with Crippen LogP contribution in [-0.2, 0) is 50.0 Å². The minimum atomic E-state index is -4.10. The first-order chi connectivity index (χ1) is 26.5. The summed E-state index contributed by atoms with van der Waals surface area (Å²) in [5.41, 5.74) is 8.51. The van der Waals surface area contributed by atoms with E-state index in [0.717, 1.165) is 75.7 Å². The van der Waals surface area contributed by atoms with Crippen molar-refractivity contribution in [3.05, 3.63) is 107 Å². The van der Waals surface area contributed by atoms with E-state index in [9.17, 15) is 23.1 Å². The van der Waals surface area contributed by atoms with Gasteiger partial charge in [-0.2, -0.15) is 0 Å². The summed E-state index contributed by atoms with van der Waals surface area (Å²) in [5, 5.41) is 13.0. The molecule has 0 saturated heterocycles. The Morgan fingerprint density at radius 2 is 1.49 bits per heavy atom. The smallest absolute Gasteiger partial charge is 0.333 e. The van der Waals surface area contributed by atoms with Crippen LogP contribution in [0.3, 0.4) is 0 Å². The molecule has 0 saturated carbocycles. The van der Waals surface area contributed by atoms with Crippen LogP contribution < -0.4 is 19.7 Å². The number of benzene rings is 4. The molecule has 2 aliphatic carbocycles. The summed E-state index contributed by atoms with van der Waals surface area (Å²) in [6.45, 7) is 1.83. The number of nitrogens with zero attached hydrogens (tertiary/aromatic N) is 1. The van der Waals surface area contributed by atoms with E-state index in [4.69, 9.17) is 14.2 Å². The Balaban J connectivity index is 0.826. The topological polar surface area (TPSA) is 144 Å². The number of amides is 3. The minimum Gasteiger partial charge on any atom is -0.506 e. The molecule has 0 unspecified atom stereocenters. The molecular formula is C40H38Br2IN3O8S. The number of aromatic hydroxyl groups is 1. The zero-order valence-electron chi connectivity index (χ0n) is 29.6. The summed E-state index contributed by atoms with van der Waals surface area (Å²) in [6, 6.07) is 16.7. The number of sulfonamides is 1. The fourth-order valence-electron chi connectivity index (χ4n) is 7.22. The first kappa shape index (κ1) is 39.7. The molecule has 0 radical (unpaired) electrons. The molecule has 0 aromatic heterocycles. The van der Waals surface area contributed by atoms with Crippen LogP contribution in [0.2, 0.25) is 0 Å². The van der Waals surface area contributed by atoms with Crippen LogP contribution in [0.15, 0.2) is 74.5 Å². The molecule has 0 spiro atoms. The average molecular weight is 1010 g/mol. The van der Waals surface area contributed by atoms with Gasteiger partial charge in [0, 0.05) is 26.9 Å². The predicted molar refractivity (Wildman–Crippen MR) is 226 cm³/mol. The number of carbonyl (C=O) groups is 2. The molecule has 3 N–H and O–H groups in total. The highest BCUT2D eigenvalue weighted by molar-refractivity contribution is 14.1. The number of hydrogen-bond acceptors (Lipinski definition) is 8. The number of rotatable bonds is 14. The number of phenols is 1. The Labute approximate surface area is 350 Å². The van der Waals surface area contributed by atoms with E-state index in [-0.39, 0.29) is 29.8 Å². The number of aryl methyl sites for hydroxylation is 2. The molecule has 0 atom stereocenters. The van der Waals surface area contributed by atoms with Gasteiger partial charge in [0.2, 0.25) is 0 Å². The molecule has 0 bridgehead atoms. The van der Waals surface area contributed by atoms with E-state index in [0.29, 0.717) is 46.6 Å². The molecule has 4 aromatic rings. The molecule has 3 aliphatic rings. The first-order valence-corrected chi connectivity index (χ1v) is 22.0. The van der Waals surface area contributed by atoms with E-state index in [1.54, 1.807) is 17.0 Å². The third kappa shape index (κ3) is 9.07. The van der Waals surface area contributed by atoms with Crippen LogP contribution in [0, 0.1) is 3.57 Å². The predicted octanol–water partition coefficient (Wildman–Crippen LogP) is 8.01. The molecule has 55 heavy (non-hydrogen) atoms. The van der Waals surface area contributed by atoms with E-state index in [2.05, 4.69) is 70.6 Å². The third-order valence-corrected chi connectivity index (χ3v) is 13.0. The molecule has 1 heterocycles. The van der Waals surface area contributed by atoms with Crippen molar-refractivity contribution < 1.29 is 37.3 Å². The van der Waals surface area contributed by atoms with Crippen molar-refractivity contribution in [3.63, 3.8) is 0 Å². The number of nitrogens with one attached hydrogen (secondary N) is 2. The van der Waals surface area contributed by atoms with Crippen molar-refractivity contribution in [1.82, 2.24) is 4.72 Å². The average Bonchev–Trinajstić information content (AvgIpc) is 3.88. The Bertz CT molecular complexity index is 2230. The summed E-state index contributed by atoms with van der Waals surface area (Å²) >= 11 is 8.94. The van der Waals surface area contributed by atoms with Gasteiger partial charge in [-0.1, -0.05) is 6.07 Å². The summed E-state index contributed by atoms with van der Waals surface area (Å²) in [5.74, 6) is 0.425. The quantitative estimate of drug-likeness (QED) is 0.0656. The van der Waals surface area contributed by atoms with Gasteiger partial charge in [-0.15, -0.1) is 0 Å². The fourth-order valence-corrected chi connectivity index (χ4v) is 9.84. The maximum Gasteiger partial charge on any atom is 0.333 e. The maximum absolute atomic E-state index is 13.5. The highest BCUT2D eigenvalue weighted by atomic mass is 127. The lowest BCUT2D eigenvalue weighted by atomic mass is 9.99.